The second-order valence-corrected chi connectivity index (χ2v) is 7.88. The zero-order valence-corrected chi connectivity index (χ0v) is 18.6. The number of carbonyl (C=O) groups excluding carboxylic acids is 3. The van der Waals surface area contributed by atoms with E-state index in [-0.39, 0.29) is 31.0 Å². The first-order valence-electron chi connectivity index (χ1n) is 11.1. The van der Waals surface area contributed by atoms with Crippen molar-refractivity contribution in [3.8, 4) is 5.75 Å². The van der Waals surface area contributed by atoms with Gasteiger partial charge in [-0.25, -0.2) is 4.79 Å². The van der Waals surface area contributed by atoms with Gasteiger partial charge in [0.25, 0.3) is 0 Å². The Balaban J connectivity index is 1.44. The number of amides is 4. The molecule has 1 fully saturated rings. The number of para-hydroxylation sites is 2. The van der Waals surface area contributed by atoms with Gasteiger partial charge in [0.2, 0.25) is 11.8 Å². The number of anilines is 3. The molecule has 4 amide bonds. The highest BCUT2D eigenvalue weighted by Gasteiger charge is 2.33. The van der Waals surface area contributed by atoms with Crippen LogP contribution in [0, 0.1) is 0 Å². The van der Waals surface area contributed by atoms with Gasteiger partial charge in [0.1, 0.15) is 18.8 Å². The van der Waals surface area contributed by atoms with Crippen LogP contribution in [-0.4, -0.2) is 56.8 Å². The molecule has 2 aliphatic heterocycles. The standard InChI is InChI=1S/C24H28N4O5/c1-2-32-18-11-9-17(10-12-18)26-24(31)28-16-23(30)27(20-7-3-4-8-21(20)28)15-22(29)25-14-19-6-5-13-33-19/h3-4,7-12,19H,2,5-6,13-16H2,1H3,(H,25,29)(H,26,31)/t19-/m1/s1. The third-order valence-electron chi connectivity index (χ3n) is 5.57. The molecule has 1 saturated heterocycles. The van der Waals surface area contributed by atoms with Crippen LogP contribution in [0.1, 0.15) is 19.8 Å². The lowest BCUT2D eigenvalue weighted by molar-refractivity contribution is -0.123. The fraction of sp³-hybridized carbons (Fsp3) is 0.375. The Morgan fingerprint density at radius 3 is 2.58 bits per heavy atom. The van der Waals surface area contributed by atoms with E-state index in [9.17, 15) is 14.4 Å². The lowest BCUT2D eigenvalue weighted by Gasteiger charge is -2.35. The van der Waals surface area contributed by atoms with Crippen molar-refractivity contribution in [3.63, 3.8) is 0 Å². The predicted octanol–water partition coefficient (Wildman–Crippen LogP) is 2.77. The number of benzene rings is 2. The van der Waals surface area contributed by atoms with Crippen LogP contribution in [-0.2, 0) is 14.3 Å². The summed E-state index contributed by atoms with van der Waals surface area (Å²) in [4.78, 5) is 41.2. The molecular weight excluding hydrogens is 424 g/mol. The minimum atomic E-state index is -0.428. The summed E-state index contributed by atoms with van der Waals surface area (Å²) in [5.74, 6) is 0.117. The third kappa shape index (κ3) is 5.43. The first kappa shape index (κ1) is 22.6. The summed E-state index contributed by atoms with van der Waals surface area (Å²) in [5, 5.41) is 5.66. The van der Waals surface area contributed by atoms with Crippen molar-refractivity contribution >= 4 is 34.9 Å². The van der Waals surface area contributed by atoms with E-state index in [1.807, 2.05) is 6.92 Å². The molecule has 0 unspecified atom stereocenters. The normalized spacial score (nSPS) is 17.5. The van der Waals surface area contributed by atoms with Gasteiger partial charge in [0, 0.05) is 18.8 Å². The van der Waals surface area contributed by atoms with E-state index in [1.165, 1.54) is 9.80 Å². The summed E-state index contributed by atoms with van der Waals surface area (Å²) >= 11 is 0. The molecule has 33 heavy (non-hydrogen) atoms. The predicted molar refractivity (Wildman–Crippen MR) is 125 cm³/mol. The molecule has 1 atom stereocenters. The summed E-state index contributed by atoms with van der Waals surface area (Å²) in [6.45, 7) is 3.32. The van der Waals surface area contributed by atoms with Gasteiger partial charge in [-0.1, -0.05) is 12.1 Å². The van der Waals surface area contributed by atoms with Crippen molar-refractivity contribution in [3.05, 3.63) is 48.5 Å². The second kappa shape index (κ2) is 10.4. The van der Waals surface area contributed by atoms with Gasteiger partial charge < -0.3 is 20.1 Å². The number of rotatable bonds is 7. The lowest BCUT2D eigenvalue weighted by Crippen LogP contribution is -2.52. The molecule has 0 radical (unpaired) electrons. The molecular formula is C24H28N4O5. The Morgan fingerprint density at radius 2 is 1.88 bits per heavy atom. The molecule has 2 N–H and O–H groups in total. The zero-order chi connectivity index (χ0) is 23.2. The molecule has 0 aromatic heterocycles. The molecule has 2 aromatic carbocycles. The van der Waals surface area contributed by atoms with E-state index in [2.05, 4.69) is 10.6 Å². The van der Waals surface area contributed by atoms with Crippen molar-refractivity contribution in [2.75, 3.05) is 48.0 Å². The number of ether oxygens (including phenoxy) is 2. The van der Waals surface area contributed by atoms with E-state index in [0.29, 0.717) is 42.6 Å². The van der Waals surface area contributed by atoms with Gasteiger partial charge in [-0.15, -0.1) is 0 Å². The third-order valence-corrected chi connectivity index (χ3v) is 5.57. The highest BCUT2D eigenvalue weighted by molar-refractivity contribution is 6.15. The van der Waals surface area contributed by atoms with Gasteiger partial charge in [0.15, 0.2) is 0 Å². The van der Waals surface area contributed by atoms with Gasteiger partial charge in [-0.2, -0.15) is 0 Å². The van der Waals surface area contributed by atoms with Crippen LogP contribution in [0.4, 0.5) is 21.9 Å². The Bertz CT molecular complexity index is 1000. The number of carbonyl (C=O) groups is 3. The fourth-order valence-corrected chi connectivity index (χ4v) is 3.94. The highest BCUT2D eigenvalue weighted by atomic mass is 16.5. The van der Waals surface area contributed by atoms with Crippen molar-refractivity contribution < 1.29 is 23.9 Å². The van der Waals surface area contributed by atoms with Crippen molar-refractivity contribution in [2.45, 2.75) is 25.9 Å². The van der Waals surface area contributed by atoms with Crippen LogP contribution >= 0.6 is 0 Å². The van der Waals surface area contributed by atoms with Crippen LogP contribution in [0.5, 0.6) is 5.75 Å². The Labute approximate surface area is 192 Å². The minimum absolute atomic E-state index is 0.0279. The lowest BCUT2D eigenvalue weighted by atomic mass is 10.1. The van der Waals surface area contributed by atoms with E-state index >= 15 is 0 Å². The van der Waals surface area contributed by atoms with Gasteiger partial charge >= 0.3 is 6.03 Å². The molecule has 0 aliphatic carbocycles. The Hall–Kier alpha value is -3.59. The van der Waals surface area contributed by atoms with Crippen molar-refractivity contribution in [2.24, 2.45) is 0 Å². The second-order valence-electron chi connectivity index (χ2n) is 7.88. The molecule has 2 aliphatic rings. The van der Waals surface area contributed by atoms with Gasteiger partial charge in [0.05, 0.1) is 24.1 Å². The van der Waals surface area contributed by atoms with Crippen LogP contribution in [0.25, 0.3) is 0 Å². The molecule has 2 heterocycles. The number of nitrogens with one attached hydrogen (secondary N) is 2. The van der Waals surface area contributed by atoms with E-state index in [4.69, 9.17) is 9.47 Å². The summed E-state index contributed by atoms with van der Waals surface area (Å²) in [5.41, 5.74) is 1.67. The van der Waals surface area contributed by atoms with Crippen LogP contribution in [0.2, 0.25) is 0 Å². The monoisotopic (exact) mass is 452 g/mol. The maximum Gasteiger partial charge on any atom is 0.326 e. The van der Waals surface area contributed by atoms with Crippen molar-refractivity contribution in [1.82, 2.24) is 5.32 Å². The molecule has 4 rings (SSSR count). The van der Waals surface area contributed by atoms with Crippen LogP contribution in [0.3, 0.4) is 0 Å². The molecule has 0 bridgehead atoms. The summed E-state index contributed by atoms with van der Waals surface area (Å²) in [6, 6.07) is 13.7. The largest absolute Gasteiger partial charge is 0.494 e. The average molecular weight is 453 g/mol. The van der Waals surface area contributed by atoms with Gasteiger partial charge in [-0.3, -0.25) is 19.4 Å². The van der Waals surface area contributed by atoms with E-state index in [0.717, 1.165) is 12.8 Å². The SMILES string of the molecule is CCOc1ccc(NC(=O)N2CC(=O)N(CC(=O)NC[C@H]3CCCO3)c3ccccc32)cc1. The highest BCUT2D eigenvalue weighted by Crippen LogP contribution is 2.33. The van der Waals surface area contributed by atoms with Crippen molar-refractivity contribution in [1.29, 1.82) is 0 Å². The molecule has 0 spiro atoms. The molecule has 0 saturated carbocycles. The maximum atomic E-state index is 13.0. The van der Waals surface area contributed by atoms with Gasteiger partial charge in [-0.05, 0) is 56.2 Å². The molecule has 9 nitrogen and oxygen atoms in total. The first-order valence-corrected chi connectivity index (χ1v) is 11.1. The summed E-state index contributed by atoms with van der Waals surface area (Å²) in [6.07, 6.45) is 1.94. The zero-order valence-electron chi connectivity index (χ0n) is 18.6. The Kier molecular flexibility index (Phi) is 7.09. The number of fused-ring (bicyclic) bond motifs is 1. The molecule has 174 valence electrons. The fourth-order valence-electron chi connectivity index (χ4n) is 3.94. The van der Waals surface area contributed by atoms with Crippen LogP contribution < -0.4 is 25.2 Å². The number of urea groups is 1. The number of nitrogens with zero attached hydrogens (tertiary/aromatic N) is 2. The number of hydrogen-bond acceptors (Lipinski definition) is 5. The van der Waals surface area contributed by atoms with E-state index in [1.54, 1.807) is 48.5 Å². The number of hydrogen-bond donors (Lipinski definition) is 2. The first-order chi connectivity index (χ1) is 16.0. The summed E-state index contributed by atoms with van der Waals surface area (Å²) < 4.78 is 10.9. The quantitative estimate of drug-likeness (QED) is 0.673. The minimum Gasteiger partial charge on any atom is -0.494 e. The molecule has 9 heteroatoms. The van der Waals surface area contributed by atoms with E-state index < -0.39 is 6.03 Å². The smallest absolute Gasteiger partial charge is 0.326 e. The maximum absolute atomic E-state index is 13.0. The Morgan fingerprint density at radius 1 is 1.12 bits per heavy atom. The van der Waals surface area contributed by atoms with Crippen LogP contribution in [0.15, 0.2) is 48.5 Å². The topological polar surface area (TPSA) is 100 Å². The molecule has 2 aromatic rings. The average Bonchev–Trinajstić information content (AvgIpc) is 3.34. The summed E-state index contributed by atoms with van der Waals surface area (Å²) in [7, 11) is 0.